The molecule has 1 N–H and O–H groups in total. The first-order valence-electron chi connectivity index (χ1n) is 4.85. The van der Waals surface area contributed by atoms with E-state index in [1.165, 1.54) is 23.5 Å². The van der Waals surface area contributed by atoms with Crippen LogP contribution in [0.2, 0.25) is 0 Å². The molecule has 0 unspecified atom stereocenters. The van der Waals surface area contributed by atoms with Crippen LogP contribution in [0.1, 0.15) is 15.9 Å². The van der Waals surface area contributed by atoms with E-state index in [-0.39, 0.29) is 17.2 Å². The predicted molar refractivity (Wildman–Crippen MR) is 71.1 cm³/mol. The molecule has 3 nitrogen and oxygen atoms in total. The zero-order valence-corrected chi connectivity index (χ0v) is 11.3. The van der Waals surface area contributed by atoms with Crippen LogP contribution in [0.3, 0.4) is 0 Å². The highest BCUT2D eigenvalue weighted by molar-refractivity contribution is 9.11. The molecule has 2 aromatic rings. The number of nitrogens with zero attached hydrogens (tertiary/aromatic N) is 1. The molecule has 90 valence electrons. The fourth-order valence-electron chi connectivity index (χ4n) is 1.31. The van der Waals surface area contributed by atoms with Crippen LogP contribution in [0.25, 0.3) is 0 Å². The minimum Gasteiger partial charge on any atom is -0.319 e. The van der Waals surface area contributed by atoms with Crippen molar-refractivity contribution < 1.29 is 9.18 Å². The van der Waals surface area contributed by atoms with Crippen LogP contribution >= 0.6 is 27.3 Å². The van der Waals surface area contributed by atoms with Gasteiger partial charge in [0.05, 0.1) is 26.7 Å². The predicted octanol–water partition coefficient (Wildman–Crippen LogP) is 3.77. The Kier molecular flexibility index (Phi) is 3.75. The molecule has 0 aliphatic rings. The number of carbonyl (C=O) groups excluding carboxylic acids is 1. The highest BCUT2D eigenvalue weighted by Gasteiger charge is 2.11. The van der Waals surface area contributed by atoms with E-state index in [1.807, 2.05) is 6.07 Å². The molecule has 0 fully saturated rings. The molecule has 0 aliphatic heterocycles. The summed E-state index contributed by atoms with van der Waals surface area (Å²) < 4.78 is 14.4. The quantitative estimate of drug-likeness (QED) is 0.914. The third-order valence-electron chi connectivity index (χ3n) is 2.18. The van der Waals surface area contributed by atoms with Gasteiger partial charge in [0.25, 0.3) is 5.91 Å². The first-order valence-corrected chi connectivity index (χ1v) is 6.52. The number of rotatable bonds is 2. The van der Waals surface area contributed by atoms with E-state index in [0.29, 0.717) is 5.56 Å². The summed E-state index contributed by atoms with van der Waals surface area (Å²) in [5, 5.41) is 12.7. The Labute approximate surface area is 115 Å². The summed E-state index contributed by atoms with van der Waals surface area (Å²) in [6.45, 7) is 0. The van der Waals surface area contributed by atoms with Gasteiger partial charge in [-0.3, -0.25) is 4.79 Å². The second-order valence-corrected chi connectivity index (χ2v) is 5.69. The molecular weight excluding hydrogens is 319 g/mol. The number of carbonyl (C=O) groups is 1. The summed E-state index contributed by atoms with van der Waals surface area (Å²) in [5.41, 5.74) is 0.723. The van der Waals surface area contributed by atoms with Crippen molar-refractivity contribution in [2.45, 2.75) is 0 Å². The SMILES string of the molecule is N#Cc1ccc(NC(=O)c2csc(Br)c2)c(F)c1. The van der Waals surface area contributed by atoms with E-state index in [4.69, 9.17) is 5.26 Å². The van der Waals surface area contributed by atoms with Gasteiger partial charge in [0.1, 0.15) is 5.82 Å². The molecule has 0 saturated heterocycles. The van der Waals surface area contributed by atoms with Crippen molar-refractivity contribution in [3.63, 3.8) is 0 Å². The smallest absolute Gasteiger partial charge is 0.256 e. The number of nitrogens with one attached hydrogen (secondary N) is 1. The third-order valence-corrected chi connectivity index (χ3v) is 3.68. The van der Waals surface area contributed by atoms with E-state index in [1.54, 1.807) is 11.4 Å². The highest BCUT2D eigenvalue weighted by atomic mass is 79.9. The van der Waals surface area contributed by atoms with Crippen LogP contribution in [-0.4, -0.2) is 5.91 Å². The average Bonchev–Trinajstić information content (AvgIpc) is 2.78. The van der Waals surface area contributed by atoms with Crippen molar-refractivity contribution in [2.75, 3.05) is 5.32 Å². The molecule has 2 rings (SSSR count). The minimum absolute atomic E-state index is 0.0568. The summed E-state index contributed by atoms with van der Waals surface area (Å²) in [5.74, 6) is -1.02. The van der Waals surface area contributed by atoms with Gasteiger partial charge < -0.3 is 5.32 Å². The van der Waals surface area contributed by atoms with Gasteiger partial charge in [0.2, 0.25) is 0 Å². The third kappa shape index (κ3) is 2.75. The van der Waals surface area contributed by atoms with E-state index < -0.39 is 5.82 Å². The van der Waals surface area contributed by atoms with Crippen molar-refractivity contribution >= 4 is 38.9 Å². The molecule has 0 saturated carbocycles. The van der Waals surface area contributed by atoms with E-state index in [2.05, 4.69) is 21.2 Å². The van der Waals surface area contributed by atoms with Gasteiger partial charge in [0, 0.05) is 5.38 Å². The zero-order valence-electron chi connectivity index (χ0n) is 8.91. The van der Waals surface area contributed by atoms with Gasteiger partial charge in [-0.05, 0) is 40.2 Å². The Balaban J connectivity index is 2.20. The van der Waals surface area contributed by atoms with Crippen LogP contribution in [0.5, 0.6) is 0 Å². The van der Waals surface area contributed by atoms with E-state index in [9.17, 15) is 9.18 Å². The monoisotopic (exact) mass is 324 g/mol. The minimum atomic E-state index is -0.628. The second-order valence-electron chi connectivity index (χ2n) is 3.40. The molecule has 0 atom stereocenters. The Morgan fingerprint density at radius 2 is 2.22 bits per heavy atom. The first-order chi connectivity index (χ1) is 8.60. The maximum atomic E-state index is 13.5. The van der Waals surface area contributed by atoms with Crippen LogP contribution in [0, 0.1) is 17.1 Å². The summed E-state index contributed by atoms with van der Waals surface area (Å²) in [7, 11) is 0. The lowest BCUT2D eigenvalue weighted by atomic mass is 10.2. The van der Waals surface area contributed by atoms with Crippen molar-refractivity contribution in [2.24, 2.45) is 0 Å². The normalized spacial score (nSPS) is 9.83. The number of hydrogen-bond donors (Lipinski definition) is 1. The molecule has 1 heterocycles. The number of thiophene rings is 1. The maximum Gasteiger partial charge on any atom is 0.256 e. The molecule has 0 spiro atoms. The molecule has 1 amide bonds. The molecule has 0 bridgehead atoms. The summed E-state index contributed by atoms with van der Waals surface area (Å²) in [4.78, 5) is 11.8. The van der Waals surface area contributed by atoms with Crippen molar-refractivity contribution in [1.82, 2.24) is 0 Å². The van der Waals surface area contributed by atoms with Crippen molar-refractivity contribution in [1.29, 1.82) is 5.26 Å². The van der Waals surface area contributed by atoms with Crippen LogP contribution in [-0.2, 0) is 0 Å². The molecule has 6 heteroatoms. The van der Waals surface area contributed by atoms with E-state index in [0.717, 1.165) is 9.85 Å². The van der Waals surface area contributed by atoms with Gasteiger partial charge in [0.15, 0.2) is 0 Å². The molecule has 18 heavy (non-hydrogen) atoms. The van der Waals surface area contributed by atoms with Crippen molar-refractivity contribution in [3.8, 4) is 6.07 Å². The number of halogens is 2. The van der Waals surface area contributed by atoms with Gasteiger partial charge in [-0.15, -0.1) is 11.3 Å². The summed E-state index contributed by atoms with van der Waals surface area (Å²) in [6, 6.07) is 7.38. The second kappa shape index (κ2) is 5.29. The number of benzene rings is 1. The maximum absolute atomic E-state index is 13.5. The number of amides is 1. The molecule has 0 aliphatic carbocycles. The summed E-state index contributed by atoms with van der Waals surface area (Å²) in [6.07, 6.45) is 0. The highest BCUT2D eigenvalue weighted by Crippen LogP contribution is 2.22. The van der Waals surface area contributed by atoms with Gasteiger partial charge in [-0.25, -0.2) is 4.39 Å². The standard InChI is InChI=1S/C12H6BrFN2OS/c13-11-4-8(6-18-11)12(17)16-10-2-1-7(5-15)3-9(10)14/h1-4,6H,(H,16,17). The summed E-state index contributed by atoms with van der Waals surface area (Å²) >= 11 is 4.62. The molecular formula is C12H6BrFN2OS. The zero-order chi connectivity index (χ0) is 13.1. The molecule has 1 aromatic carbocycles. The fourth-order valence-corrected chi connectivity index (χ4v) is 2.45. The van der Waals surface area contributed by atoms with Gasteiger partial charge in [-0.2, -0.15) is 5.26 Å². The topological polar surface area (TPSA) is 52.9 Å². The lowest BCUT2D eigenvalue weighted by Gasteiger charge is -2.05. The van der Waals surface area contributed by atoms with Crippen LogP contribution < -0.4 is 5.32 Å². The first kappa shape index (κ1) is 12.7. The Morgan fingerprint density at radius 1 is 1.44 bits per heavy atom. The number of anilines is 1. The van der Waals surface area contributed by atoms with Crippen molar-refractivity contribution in [3.05, 3.63) is 50.4 Å². The largest absolute Gasteiger partial charge is 0.319 e. The van der Waals surface area contributed by atoms with Crippen LogP contribution in [0.4, 0.5) is 10.1 Å². The number of hydrogen-bond acceptors (Lipinski definition) is 3. The van der Waals surface area contributed by atoms with Crippen LogP contribution in [0.15, 0.2) is 33.4 Å². The Morgan fingerprint density at radius 3 is 2.78 bits per heavy atom. The van der Waals surface area contributed by atoms with Gasteiger partial charge in [-0.1, -0.05) is 0 Å². The molecule has 1 aromatic heterocycles. The van der Waals surface area contributed by atoms with Gasteiger partial charge >= 0.3 is 0 Å². The average molecular weight is 325 g/mol. The fraction of sp³-hybridized carbons (Fsp3) is 0. The Hall–Kier alpha value is -1.71. The lowest BCUT2D eigenvalue weighted by molar-refractivity contribution is 0.102. The van der Waals surface area contributed by atoms with E-state index >= 15 is 0 Å². The Bertz CT molecular complexity index is 648. The lowest BCUT2D eigenvalue weighted by Crippen LogP contribution is -2.12. The molecule has 0 radical (unpaired) electrons. The number of nitriles is 1.